The van der Waals surface area contributed by atoms with Gasteiger partial charge in [-0.3, -0.25) is 0 Å². The molecule has 2 nitrogen and oxygen atoms in total. The minimum Gasteiger partial charge on any atom is -0.316 e. The first-order valence-corrected chi connectivity index (χ1v) is 4.03. The third-order valence-electron chi connectivity index (χ3n) is 2.95. The third kappa shape index (κ3) is 0.788. The van der Waals surface area contributed by atoms with Crippen molar-refractivity contribution in [3.05, 3.63) is 0 Å². The Hall–Kier alpha value is -0.370. The lowest BCUT2D eigenvalue weighted by molar-refractivity contribution is -0.113. The van der Waals surface area contributed by atoms with Gasteiger partial charge < -0.3 is 10.1 Å². The monoisotopic (exact) mass is 139 g/mol. The Labute approximate surface area is 61.0 Å². The molecule has 1 saturated heterocycles. The Morgan fingerprint density at radius 2 is 2.30 bits per heavy atom. The normalized spacial score (nSPS) is 35.8. The first kappa shape index (κ1) is 6.35. The maximum absolute atomic E-state index is 10.6. The molecule has 0 bridgehead atoms. The summed E-state index contributed by atoms with van der Waals surface area (Å²) in [6.07, 6.45) is 4.75. The van der Waals surface area contributed by atoms with Gasteiger partial charge in [0.15, 0.2) is 0 Å². The van der Waals surface area contributed by atoms with Gasteiger partial charge >= 0.3 is 0 Å². The fourth-order valence-electron chi connectivity index (χ4n) is 1.95. The molecular weight excluding hydrogens is 126 g/mol. The van der Waals surface area contributed by atoms with Crippen molar-refractivity contribution in [1.82, 2.24) is 5.32 Å². The van der Waals surface area contributed by atoms with Gasteiger partial charge in [0.2, 0.25) is 0 Å². The molecule has 2 heteroatoms. The van der Waals surface area contributed by atoms with Crippen molar-refractivity contribution in [3.63, 3.8) is 0 Å². The highest BCUT2D eigenvalue weighted by molar-refractivity contribution is 5.56. The van der Waals surface area contributed by atoms with Crippen molar-refractivity contribution in [3.8, 4) is 0 Å². The van der Waals surface area contributed by atoms with Gasteiger partial charge in [0.05, 0.1) is 0 Å². The molecule has 10 heavy (non-hydrogen) atoms. The lowest BCUT2D eigenvalue weighted by atomic mass is 9.85. The number of aldehydes is 1. The van der Waals surface area contributed by atoms with Crippen LogP contribution in [0.15, 0.2) is 0 Å². The Balaban J connectivity index is 2.07. The molecule has 0 aromatic carbocycles. The Morgan fingerprint density at radius 1 is 1.50 bits per heavy atom. The summed E-state index contributed by atoms with van der Waals surface area (Å²) >= 11 is 0. The molecule has 1 aliphatic carbocycles. The van der Waals surface area contributed by atoms with Crippen LogP contribution in [0, 0.1) is 11.3 Å². The summed E-state index contributed by atoms with van der Waals surface area (Å²) in [5, 5.41) is 3.34. The molecule has 0 aromatic heterocycles. The van der Waals surface area contributed by atoms with Gasteiger partial charge in [-0.25, -0.2) is 0 Å². The van der Waals surface area contributed by atoms with E-state index in [4.69, 9.17) is 0 Å². The molecule has 1 aliphatic heterocycles. The number of piperidine rings is 1. The van der Waals surface area contributed by atoms with Gasteiger partial charge in [-0.2, -0.15) is 0 Å². The number of carbonyl (C=O) groups excluding carboxylic acids is 1. The van der Waals surface area contributed by atoms with Crippen LogP contribution in [0.4, 0.5) is 0 Å². The molecule has 1 atom stereocenters. The second-order valence-electron chi connectivity index (χ2n) is 3.57. The SMILES string of the molecule is O=CC1CCNCC12CC2. The molecule has 1 N–H and O–H groups in total. The van der Waals surface area contributed by atoms with Crippen LogP contribution in [0.2, 0.25) is 0 Å². The Bertz CT molecular complexity index is 151. The van der Waals surface area contributed by atoms with Crippen molar-refractivity contribution in [2.75, 3.05) is 13.1 Å². The first-order chi connectivity index (χ1) is 4.87. The zero-order valence-electron chi connectivity index (χ0n) is 6.10. The third-order valence-corrected chi connectivity index (χ3v) is 2.95. The zero-order valence-corrected chi connectivity index (χ0v) is 6.10. The smallest absolute Gasteiger partial charge is 0.123 e. The molecule has 2 fully saturated rings. The fraction of sp³-hybridized carbons (Fsp3) is 0.875. The van der Waals surface area contributed by atoms with Crippen LogP contribution in [0.3, 0.4) is 0 Å². The summed E-state index contributed by atoms with van der Waals surface area (Å²) in [4.78, 5) is 10.6. The topological polar surface area (TPSA) is 29.1 Å². The van der Waals surface area contributed by atoms with E-state index in [2.05, 4.69) is 5.32 Å². The van der Waals surface area contributed by atoms with Crippen molar-refractivity contribution in [2.45, 2.75) is 19.3 Å². The van der Waals surface area contributed by atoms with Crippen LogP contribution in [-0.2, 0) is 4.79 Å². The first-order valence-electron chi connectivity index (χ1n) is 4.03. The van der Waals surface area contributed by atoms with Crippen molar-refractivity contribution < 1.29 is 4.79 Å². The molecule has 2 aliphatic rings. The average Bonchev–Trinajstić information content (AvgIpc) is 2.71. The van der Waals surface area contributed by atoms with Crippen LogP contribution in [0.1, 0.15) is 19.3 Å². The van der Waals surface area contributed by atoms with Gasteiger partial charge in [-0.1, -0.05) is 0 Å². The van der Waals surface area contributed by atoms with E-state index in [0.717, 1.165) is 25.8 Å². The number of rotatable bonds is 1. The molecule has 56 valence electrons. The molecule has 2 rings (SSSR count). The van der Waals surface area contributed by atoms with E-state index in [1.54, 1.807) is 0 Å². The number of hydrogen-bond donors (Lipinski definition) is 1. The summed E-state index contributed by atoms with van der Waals surface area (Å²) in [6, 6.07) is 0. The maximum Gasteiger partial charge on any atom is 0.123 e. The van der Waals surface area contributed by atoms with E-state index in [-0.39, 0.29) is 0 Å². The van der Waals surface area contributed by atoms with E-state index in [9.17, 15) is 4.79 Å². The lowest BCUT2D eigenvalue weighted by Crippen LogP contribution is -2.38. The minimum atomic E-state index is 0.369. The average molecular weight is 139 g/mol. The van der Waals surface area contributed by atoms with Crippen LogP contribution < -0.4 is 5.32 Å². The molecule has 1 heterocycles. The van der Waals surface area contributed by atoms with E-state index in [1.807, 2.05) is 0 Å². The predicted octanol–water partition coefficient (Wildman–Crippen LogP) is 0.575. The van der Waals surface area contributed by atoms with Gasteiger partial charge in [-0.15, -0.1) is 0 Å². The van der Waals surface area contributed by atoms with Crippen molar-refractivity contribution in [1.29, 1.82) is 0 Å². The largest absolute Gasteiger partial charge is 0.316 e. The molecule has 0 radical (unpaired) electrons. The lowest BCUT2D eigenvalue weighted by Gasteiger charge is -2.27. The second kappa shape index (κ2) is 2.06. The quantitative estimate of drug-likeness (QED) is 0.538. The van der Waals surface area contributed by atoms with Crippen LogP contribution >= 0.6 is 0 Å². The summed E-state index contributed by atoms with van der Waals surface area (Å²) < 4.78 is 0. The van der Waals surface area contributed by atoms with E-state index in [1.165, 1.54) is 12.8 Å². The van der Waals surface area contributed by atoms with Gasteiger partial charge in [-0.05, 0) is 31.2 Å². The highest BCUT2D eigenvalue weighted by atomic mass is 16.1. The highest BCUT2D eigenvalue weighted by Crippen LogP contribution is 2.53. The number of hydrogen-bond acceptors (Lipinski definition) is 2. The molecule has 0 aromatic rings. The second-order valence-corrected chi connectivity index (χ2v) is 3.57. The number of nitrogens with one attached hydrogen (secondary N) is 1. The van der Waals surface area contributed by atoms with E-state index >= 15 is 0 Å². The van der Waals surface area contributed by atoms with Gasteiger partial charge in [0, 0.05) is 12.5 Å². The van der Waals surface area contributed by atoms with E-state index < -0.39 is 0 Å². The standard InChI is InChI=1S/C8H13NO/c10-5-7-1-4-9-6-8(7)2-3-8/h5,7,9H,1-4,6H2. The molecule has 0 amide bonds. The van der Waals surface area contributed by atoms with Crippen molar-refractivity contribution in [2.24, 2.45) is 11.3 Å². The van der Waals surface area contributed by atoms with Crippen LogP contribution in [-0.4, -0.2) is 19.4 Å². The Morgan fingerprint density at radius 3 is 2.80 bits per heavy atom. The summed E-state index contributed by atoms with van der Waals surface area (Å²) in [6.45, 7) is 2.11. The summed E-state index contributed by atoms with van der Waals surface area (Å²) in [7, 11) is 0. The predicted molar refractivity (Wildman–Crippen MR) is 38.7 cm³/mol. The van der Waals surface area contributed by atoms with Crippen molar-refractivity contribution >= 4 is 6.29 Å². The fourth-order valence-corrected chi connectivity index (χ4v) is 1.95. The molecule has 1 unspecified atom stereocenters. The van der Waals surface area contributed by atoms with Gasteiger partial charge in [0.25, 0.3) is 0 Å². The summed E-state index contributed by atoms with van der Waals surface area (Å²) in [5.41, 5.74) is 0.417. The highest BCUT2D eigenvalue weighted by Gasteiger charge is 2.49. The molecule has 1 spiro atoms. The summed E-state index contributed by atoms with van der Waals surface area (Å²) in [5.74, 6) is 0.369. The maximum atomic E-state index is 10.6. The minimum absolute atomic E-state index is 0.369. The molecule has 1 saturated carbocycles. The molecular formula is C8H13NO. The number of carbonyl (C=O) groups is 1. The Kier molecular flexibility index (Phi) is 1.31. The van der Waals surface area contributed by atoms with Crippen LogP contribution in [0.25, 0.3) is 0 Å². The van der Waals surface area contributed by atoms with Gasteiger partial charge in [0.1, 0.15) is 6.29 Å². The van der Waals surface area contributed by atoms with E-state index in [0.29, 0.717) is 11.3 Å². The van der Waals surface area contributed by atoms with Crippen LogP contribution in [0.5, 0.6) is 0 Å². The zero-order chi connectivity index (χ0) is 7.03.